The highest BCUT2D eigenvalue weighted by molar-refractivity contribution is 7.16. The molecule has 0 aliphatic carbocycles. The molecule has 0 saturated carbocycles. The lowest BCUT2D eigenvalue weighted by atomic mass is 10.00. The van der Waals surface area contributed by atoms with Crippen LogP contribution in [0.5, 0.6) is 0 Å². The Hall–Kier alpha value is -0.350. The van der Waals surface area contributed by atoms with Gasteiger partial charge in [0.25, 0.3) is 0 Å². The van der Waals surface area contributed by atoms with Crippen molar-refractivity contribution >= 4 is 34.3 Å². The monoisotopic (exact) mass is 258 g/mol. The van der Waals surface area contributed by atoms with Gasteiger partial charge in [0, 0.05) is 16.2 Å². The molecule has 0 aliphatic rings. The van der Waals surface area contributed by atoms with E-state index in [9.17, 15) is 5.11 Å². The zero-order valence-corrected chi connectivity index (χ0v) is 10.6. The molecule has 0 amide bonds. The van der Waals surface area contributed by atoms with E-state index in [-0.39, 0.29) is 0 Å². The first-order valence-electron chi connectivity index (χ1n) is 4.58. The molecular formula is C11H11ClOS2. The van der Waals surface area contributed by atoms with Crippen LogP contribution in [0.4, 0.5) is 0 Å². The minimum Gasteiger partial charge on any atom is -0.384 e. The Balaban J connectivity index is 2.18. The van der Waals surface area contributed by atoms with Crippen LogP contribution in [-0.2, 0) is 12.0 Å². The van der Waals surface area contributed by atoms with Crippen LogP contribution in [0.1, 0.15) is 16.7 Å². The standard InChI is InChI=1S/C11H11ClOS2/c1-11(13,9-3-2-6-14-9)7-8-4-5-10(12)15-8/h2-6,13H,7H2,1H3. The second-order valence-corrected chi connectivity index (χ2v) is 6.38. The SMILES string of the molecule is CC(O)(Cc1ccc(Cl)s1)c1cccs1. The average Bonchev–Trinajstić information content (AvgIpc) is 2.75. The highest BCUT2D eigenvalue weighted by atomic mass is 35.5. The molecule has 2 aromatic rings. The van der Waals surface area contributed by atoms with Crippen LogP contribution in [0.25, 0.3) is 0 Å². The first-order chi connectivity index (χ1) is 7.08. The number of rotatable bonds is 3. The molecule has 4 heteroatoms. The summed E-state index contributed by atoms with van der Waals surface area (Å²) < 4.78 is 0.770. The summed E-state index contributed by atoms with van der Waals surface area (Å²) in [5.74, 6) is 0. The fourth-order valence-electron chi connectivity index (χ4n) is 1.46. The molecule has 0 bridgehead atoms. The normalized spacial score (nSPS) is 15.1. The molecule has 15 heavy (non-hydrogen) atoms. The van der Waals surface area contributed by atoms with E-state index in [0.29, 0.717) is 6.42 Å². The van der Waals surface area contributed by atoms with Crippen molar-refractivity contribution in [1.82, 2.24) is 0 Å². The summed E-state index contributed by atoms with van der Waals surface area (Å²) in [6.07, 6.45) is 0.616. The topological polar surface area (TPSA) is 20.2 Å². The molecule has 1 unspecified atom stereocenters. The maximum Gasteiger partial charge on any atom is 0.101 e. The minimum absolute atomic E-state index is 0.616. The molecular weight excluding hydrogens is 248 g/mol. The van der Waals surface area contributed by atoms with Gasteiger partial charge >= 0.3 is 0 Å². The zero-order valence-electron chi connectivity index (χ0n) is 8.24. The second kappa shape index (κ2) is 4.26. The van der Waals surface area contributed by atoms with E-state index in [4.69, 9.17) is 11.6 Å². The van der Waals surface area contributed by atoms with Crippen molar-refractivity contribution in [3.63, 3.8) is 0 Å². The Kier molecular flexibility index (Phi) is 3.16. The Bertz CT molecular complexity index is 431. The molecule has 1 N–H and O–H groups in total. The maximum atomic E-state index is 10.3. The molecule has 0 radical (unpaired) electrons. The van der Waals surface area contributed by atoms with Crippen LogP contribution in [0, 0.1) is 0 Å². The Labute approximate surface area is 102 Å². The van der Waals surface area contributed by atoms with Gasteiger partial charge in [0.15, 0.2) is 0 Å². The molecule has 0 aliphatic heterocycles. The molecule has 1 atom stereocenters. The van der Waals surface area contributed by atoms with Crippen LogP contribution in [0.15, 0.2) is 29.6 Å². The minimum atomic E-state index is -0.789. The molecule has 2 heterocycles. The van der Waals surface area contributed by atoms with Gasteiger partial charge in [0.2, 0.25) is 0 Å². The van der Waals surface area contributed by atoms with Crippen molar-refractivity contribution < 1.29 is 5.11 Å². The van der Waals surface area contributed by atoms with E-state index in [1.807, 2.05) is 36.6 Å². The molecule has 0 saturated heterocycles. The summed E-state index contributed by atoms with van der Waals surface area (Å²) in [7, 11) is 0. The van der Waals surface area contributed by atoms with Crippen LogP contribution in [0.2, 0.25) is 4.34 Å². The lowest BCUT2D eigenvalue weighted by Crippen LogP contribution is -2.22. The summed E-state index contributed by atoms with van der Waals surface area (Å²) in [5.41, 5.74) is -0.789. The highest BCUT2D eigenvalue weighted by Gasteiger charge is 2.25. The number of aliphatic hydroxyl groups is 1. The number of thiophene rings is 2. The predicted octanol–water partition coefficient (Wildman–Crippen LogP) is 3.91. The van der Waals surface area contributed by atoms with Gasteiger partial charge in [0.05, 0.1) is 4.34 Å². The smallest absolute Gasteiger partial charge is 0.101 e. The van der Waals surface area contributed by atoms with E-state index in [1.165, 1.54) is 11.3 Å². The predicted molar refractivity (Wildman–Crippen MR) is 66.9 cm³/mol. The number of hydrogen-bond donors (Lipinski definition) is 1. The third-order valence-corrected chi connectivity index (χ3v) is 4.55. The van der Waals surface area contributed by atoms with E-state index in [2.05, 4.69) is 0 Å². The molecule has 2 aromatic heterocycles. The van der Waals surface area contributed by atoms with Crippen molar-refractivity contribution in [3.05, 3.63) is 43.7 Å². The third kappa shape index (κ3) is 2.61. The Morgan fingerprint density at radius 1 is 1.40 bits per heavy atom. The lowest BCUT2D eigenvalue weighted by Gasteiger charge is -2.20. The van der Waals surface area contributed by atoms with Crippen molar-refractivity contribution in [2.75, 3.05) is 0 Å². The number of halogens is 1. The quantitative estimate of drug-likeness (QED) is 0.885. The van der Waals surface area contributed by atoms with Crippen LogP contribution < -0.4 is 0 Å². The van der Waals surface area contributed by atoms with Gasteiger partial charge in [-0.1, -0.05) is 17.7 Å². The van der Waals surface area contributed by atoms with Crippen LogP contribution in [0.3, 0.4) is 0 Å². The van der Waals surface area contributed by atoms with Gasteiger partial charge in [-0.25, -0.2) is 0 Å². The fraction of sp³-hybridized carbons (Fsp3) is 0.273. The number of hydrogen-bond acceptors (Lipinski definition) is 3. The highest BCUT2D eigenvalue weighted by Crippen LogP contribution is 2.32. The van der Waals surface area contributed by atoms with E-state index >= 15 is 0 Å². The summed E-state index contributed by atoms with van der Waals surface area (Å²) >= 11 is 8.95. The van der Waals surface area contributed by atoms with Crippen LogP contribution in [-0.4, -0.2) is 5.11 Å². The molecule has 80 valence electrons. The van der Waals surface area contributed by atoms with Gasteiger partial charge in [-0.15, -0.1) is 22.7 Å². The van der Waals surface area contributed by atoms with Crippen LogP contribution >= 0.6 is 34.3 Å². The van der Waals surface area contributed by atoms with Crippen molar-refractivity contribution in [3.8, 4) is 0 Å². The van der Waals surface area contributed by atoms with Gasteiger partial charge in [-0.05, 0) is 30.5 Å². The van der Waals surface area contributed by atoms with E-state index in [0.717, 1.165) is 14.1 Å². The molecule has 0 spiro atoms. The average molecular weight is 259 g/mol. The van der Waals surface area contributed by atoms with E-state index < -0.39 is 5.60 Å². The largest absolute Gasteiger partial charge is 0.384 e. The second-order valence-electron chi connectivity index (χ2n) is 3.63. The van der Waals surface area contributed by atoms with Crippen molar-refractivity contribution in [1.29, 1.82) is 0 Å². The Morgan fingerprint density at radius 3 is 2.73 bits per heavy atom. The summed E-state index contributed by atoms with van der Waals surface area (Å²) in [4.78, 5) is 2.10. The van der Waals surface area contributed by atoms with Gasteiger partial charge in [-0.2, -0.15) is 0 Å². The maximum absolute atomic E-state index is 10.3. The van der Waals surface area contributed by atoms with E-state index in [1.54, 1.807) is 11.3 Å². The molecule has 0 fully saturated rings. The van der Waals surface area contributed by atoms with Gasteiger partial charge in [-0.3, -0.25) is 0 Å². The third-order valence-electron chi connectivity index (χ3n) is 2.20. The fourth-order valence-corrected chi connectivity index (χ4v) is 3.48. The van der Waals surface area contributed by atoms with Gasteiger partial charge < -0.3 is 5.11 Å². The summed E-state index contributed by atoms with van der Waals surface area (Å²) in [6, 6.07) is 7.75. The summed E-state index contributed by atoms with van der Waals surface area (Å²) in [5, 5.41) is 12.3. The van der Waals surface area contributed by atoms with Crippen molar-refractivity contribution in [2.45, 2.75) is 18.9 Å². The van der Waals surface area contributed by atoms with Crippen molar-refractivity contribution in [2.24, 2.45) is 0 Å². The molecule has 1 nitrogen and oxygen atoms in total. The zero-order chi connectivity index (χ0) is 10.9. The van der Waals surface area contributed by atoms with Gasteiger partial charge in [0.1, 0.15) is 5.60 Å². The molecule has 2 rings (SSSR count). The lowest BCUT2D eigenvalue weighted by molar-refractivity contribution is 0.0624. The summed E-state index contributed by atoms with van der Waals surface area (Å²) in [6.45, 7) is 1.84. The first kappa shape index (κ1) is 11.1. The Morgan fingerprint density at radius 2 is 2.20 bits per heavy atom. The first-order valence-corrected chi connectivity index (χ1v) is 6.66. The molecule has 0 aromatic carbocycles.